The lowest BCUT2D eigenvalue weighted by molar-refractivity contribution is 0.0550. The quantitative estimate of drug-likeness (QED) is 0.366. The van der Waals surface area contributed by atoms with E-state index in [0.29, 0.717) is 12.0 Å². The number of carbonyl (C=O) groups excluding carboxylic acids is 2. The highest BCUT2D eigenvalue weighted by Crippen LogP contribution is 2.37. The van der Waals surface area contributed by atoms with Crippen LogP contribution in [0.25, 0.3) is 16.8 Å². The number of benzene rings is 3. The third-order valence-corrected chi connectivity index (χ3v) is 5.61. The van der Waals surface area contributed by atoms with Crippen LogP contribution in [-0.4, -0.2) is 30.7 Å². The van der Waals surface area contributed by atoms with Crippen LogP contribution in [0, 0.1) is 6.92 Å². The molecule has 0 atom stereocenters. The number of aryl methyl sites for hydroxylation is 1. The maximum Gasteiger partial charge on any atom is 0.355 e. The first-order valence-corrected chi connectivity index (χ1v) is 10.7. The summed E-state index contributed by atoms with van der Waals surface area (Å²) in [6.07, 6.45) is 0.500. The van der Waals surface area contributed by atoms with Crippen LogP contribution in [0.15, 0.2) is 84.9 Å². The van der Waals surface area contributed by atoms with Crippen molar-refractivity contribution in [3.05, 3.63) is 113 Å². The third kappa shape index (κ3) is 4.30. The van der Waals surface area contributed by atoms with Gasteiger partial charge >= 0.3 is 11.9 Å². The van der Waals surface area contributed by atoms with Crippen molar-refractivity contribution < 1.29 is 19.1 Å². The van der Waals surface area contributed by atoms with Gasteiger partial charge in [-0.15, -0.1) is 0 Å². The monoisotopic (exact) mass is 439 g/mol. The van der Waals surface area contributed by atoms with Crippen molar-refractivity contribution in [3.8, 4) is 16.8 Å². The summed E-state index contributed by atoms with van der Waals surface area (Å²) in [4.78, 5) is 26.2. The summed E-state index contributed by atoms with van der Waals surface area (Å²) < 4.78 is 12.1. The summed E-state index contributed by atoms with van der Waals surface area (Å²) in [6.45, 7) is 2.00. The molecule has 1 aromatic heterocycles. The number of nitrogens with zero attached hydrogens (tertiary/aromatic N) is 1. The summed E-state index contributed by atoms with van der Waals surface area (Å²) in [7, 11) is 2.63. The lowest BCUT2D eigenvalue weighted by Gasteiger charge is -2.14. The van der Waals surface area contributed by atoms with E-state index in [0.717, 1.165) is 28.1 Å². The van der Waals surface area contributed by atoms with Gasteiger partial charge in [-0.3, -0.25) is 0 Å². The van der Waals surface area contributed by atoms with Crippen LogP contribution in [0.5, 0.6) is 0 Å². The molecule has 0 aliphatic heterocycles. The van der Waals surface area contributed by atoms with E-state index in [1.165, 1.54) is 14.2 Å². The molecule has 4 rings (SSSR count). The Bertz CT molecular complexity index is 1270. The average Bonchev–Trinajstić information content (AvgIpc) is 3.19. The van der Waals surface area contributed by atoms with Crippen molar-refractivity contribution in [2.24, 2.45) is 0 Å². The summed E-state index contributed by atoms with van der Waals surface area (Å²) in [5.74, 6) is -1.19. The second kappa shape index (κ2) is 9.57. The van der Waals surface area contributed by atoms with Gasteiger partial charge in [0.2, 0.25) is 0 Å². The van der Waals surface area contributed by atoms with E-state index in [-0.39, 0.29) is 11.3 Å². The molecule has 0 bridgehead atoms. The van der Waals surface area contributed by atoms with Crippen LogP contribution in [0.3, 0.4) is 0 Å². The standard InChI is InChI=1S/C28H25NO4/c1-19-14-16-22(17-15-19)29-23(18-20-10-6-4-7-11-20)24(21-12-8-5-9-13-21)25(27(30)32-2)26(29)28(31)33-3/h4-17H,18H2,1-3H3. The second-order valence-electron chi connectivity index (χ2n) is 7.73. The van der Waals surface area contributed by atoms with Gasteiger partial charge in [-0.25, -0.2) is 9.59 Å². The zero-order chi connectivity index (χ0) is 23.4. The highest BCUT2D eigenvalue weighted by atomic mass is 16.5. The summed E-state index contributed by atoms with van der Waals surface area (Å²) in [6, 6.07) is 27.4. The van der Waals surface area contributed by atoms with Crippen molar-refractivity contribution in [1.29, 1.82) is 0 Å². The number of methoxy groups -OCH3 is 2. The van der Waals surface area contributed by atoms with E-state index in [9.17, 15) is 9.59 Å². The number of carbonyl (C=O) groups is 2. The van der Waals surface area contributed by atoms with Gasteiger partial charge in [-0.05, 0) is 30.2 Å². The number of aromatic nitrogens is 1. The molecular formula is C28H25NO4. The molecule has 0 unspecified atom stereocenters. The minimum Gasteiger partial charge on any atom is -0.465 e. The number of esters is 2. The molecule has 166 valence electrons. The number of hydrogen-bond acceptors (Lipinski definition) is 4. The molecule has 0 radical (unpaired) electrons. The van der Waals surface area contributed by atoms with Gasteiger partial charge in [0.25, 0.3) is 0 Å². The van der Waals surface area contributed by atoms with Crippen molar-refractivity contribution in [1.82, 2.24) is 4.57 Å². The molecule has 0 spiro atoms. The largest absolute Gasteiger partial charge is 0.465 e. The fourth-order valence-electron chi connectivity index (χ4n) is 4.06. The molecule has 0 aliphatic rings. The van der Waals surface area contributed by atoms with Crippen LogP contribution < -0.4 is 0 Å². The Morgan fingerprint density at radius 2 is 1.33 bits per heavy atom. The number of ether oxygens (including phenoxy) is 2. The molecule has 0 amide bonds. The third-order valence-electron chi connectivity index (χ3n) is 5.61. The molecule has 0 saturated heterocycles. The Morgan fingerprint density at radius 1 is 0.758 bits per heavy atom. The van der Waals surface area contributed by atoms with Crippen LogP contribution in [-0.2, 0) is 15.9 Å². The maximum atomic E-state index is 13.1. The van der Waals surface area contributed by atoms with E-state index in [1.807, 2.05) is 96.4 Å². The molecular weight excluding hydrogens is 414 g/mol. The van der Waals surface area contributed by atoms with E-state index < -0.39 is 11.9 Å². The lowest BCUT2D eigenvalue weighted by atomic mass is 9.97. The first-order chi connectivity index (χ1) is 16.0. The summed E-state index contributed by atoms with van der Waals surface area (Å²) in [5, 5.41) is 0. The van der Waals surface area contributed by atoms with Crippen molar-refractivity contribution in [2.75, 3.05) is 14.2 Å². The topological polar surface area (TPSA) is 57.5 Å². The minimum absolute atomic E-state index is 0.151. The summed E-state index contributed by atoms with van der Waals surface area (Å²) in [5.41, 5.74) is 5.53. The Kier molecular flexibility index (Phi) is 6.41. The normalized spacial score (nSPS) is 10.6. The maximum absolute atomic E-state index is 13.1. The smallest absolute Gasteiger partial charge is 0.355 e. The van der Waals surface area contributed by atoms with Crippen LogP contribution in [0.4, 0.5) is 0 Å². The van der Waals surface area contributed by atoms with Gasteiger partial charge < -0.3 is 14.0 Å². The highest BCUT2D eigenvalue weighted by molar-refractivity contribution is 6.09. The fraction of sp³-hybridized carbons (Fsp3) is 0.143. The zero-order valence-corrected chi connectivity index (χ0v) is 18.9. The van der Waals surface area contributed by atoms with E-state index in [1.54, 1.807) is 0 Å². The van der Waals surface area contributed by atoms with Gasteiger partial charge in [0, 0.05) is 23.4 Å². The molecule has 5 nitrogen and oxygen atoms in total. The highest BCUT2D eigenvalue weighted by Gasteiger charge is 2.33. The van der Waals surface area contributed by atoms with E-state index in [2.05, 4.69) is 0 Å². The Hall–Kier alpha value is -4.12. The van der Waals surface area contributed by atoms with Crippen molar-refractivity contribution in [3.63, 3.8) is 0 Å². The fourth-order valence-corrected chi connectivity index (χ4v) is 4.06. The van der Waals surface area contributed by atoms with Gasteiger partial charge in [-0.2, -0.15) is 0 Å². The van der Waals surface area contributed by atoms with Crippen molar-refractivity contribution in [2.45, 2.75) is 13.3 Å². The molecule has 33 heavy (non-hydrogen) atoms. The molecule has 0 fully saturated rings. The van der Waals surface area contributed by atoms with Crippen LogP contribution >= 0.6 is 0 Å². The first kappa shape index (κ1) is 22.1. The Morgan fingerprint density at radius 3 is 1.91 bits per heavy atom. The molecule has 0 saturated carbocycles. The molecule has 0 N–H and O–H groups in total. The van der Waals surface area contributed by atoms with Crippen molar-refractivity contribution >= 4 is 11.9 Å². The van der Waals surface area contributed by atoms with Gasteiger partial charge in [0.05, 0.1) is 14.2 Å². The molecule has 1 heterocycles. The van der Waals surface area contributed by atoms with Gasteiger partial charge in [0.1, 0.15) is 11.3 Å². The predicted octanol–water partition coefficient (Wildman–Crippen LogP) is 5.62. The Labute approximate surface area is 193 Å². The van der Waals surface area contributed by atoms with E-state index >= 15 is 0 Å². The predicted molar refractivity (Wildman–Crippen MR) is 128 cm³/mol. The van der Waals surface area contributed by atoms with E-state index in [4.69, 9.17) is 9.47 Å². The second-order valence-corrected chi connectivity index (χ2v) is 7.73. The molecule has 0 aliphatic carbocycles. The number of rotatable bonds is 6. The Balaban J connectivity index is 2.14. The van der Waals surface area contributed by atoms with Crippen LogP contribution in [0.1, 0.15) is 37.7 Å². The minimum atomic E-state index is -0.604. The van der Waals surface area contributed by atoms with Crippen LogP contribution in [0.2, 0.25) is 0 Å². The zero-order valence-electron chi connectivity index (χ0n) is 18.9. The number of hydrogen-bond donors (Lipinski definition) is 0. The molecule has 3 aromatic carbocycles. The lowest BCUT2D eigenvalue weighted by Crippen LogP contribution is -2.16. The SMILES string of the molecule is COC(=O)c1c(-c2ccccc2)c(Cc2ccccc2)n(-c2ccc(C)cc2)c1C(=O)OC. The average molecular weight is 440 g/mol. The molecule has 5 heteroatoms. The van der Waals surface area contributed by atoms with Gasteiger partial charge in [0.15, 0.2) is 0 Å². The first-order valence-electron chi connectivity index (χ1n) is 10.7. The van der Waals surface area contributed by atoms with Gasteiger partial charge in [-0.1, -0.05) is 78.4 Å². The summed E-state index contributed by atoms with van der Waals surface area (Å²) >= 11 is 0. The molecule has 4 aromatic rings.